The average Bonchev–Trinajstić information content (AvgIpc) is 2.50. The van der Waals surface area contributed by atoms with Crippen molar-refractivity contribution in [3.8, 4) is 0 Å². The van der Waals surface area contributed by atoms with Crippen LogP contribution in [0.25, 0.3) is 0 Å². The molecular weight excluding hydrogens is 224 g/mol. The molecule has 0 saturated carbocycles. The highest BCUT2D eigenvalue weighted by atomic mass is 16.1. The highest BCUT2D eigenvalue weighted by Gasteiger charge is 2.22. The van der Waals surface area contributed by atoms with Crippen molar-refractivity contribution in [3.63, 3.8) is 0 Å². The van der Waals surface area contributed by atoms with Crippen molar-refractivity contribution in [1.29, 1.82) is 0 Å². The minimum atomic E-state index is 0.0251. The van der Waals surface area contributed by atoms with Crippen molar-refractivity contribution in [1.82, 2.24) is 0 Å². The quantitative estimate of drug-likeness (QED) is 0.691. The fourth-order valence-corrected chi connectivity index (χ4v) is 2.52. The van der Waals surface area contributed by atoms with Crippen LogP contribution in [0.1, 0.15) is 27.0 Å². The number of nitrogen functional groups attached to an aromatic ring is 2. The lowest BCUT2D eigenvalue weighted by Crippen LogP contribution is -2.06. The van der Waals surface area contributed by atoms with Crippen LogP contribution in [0, 0.1) is 0 Å². The van der Waals surface area contributed by atoms with Crippen molar-refractivity contribution < 1.29 is 4.79 Å². The number of aryl methyl sites for hydroxylation is 1. The highest BCUT2D eigenvalue weighted by molar-refractivity contribution is 6.12. The van der Waals surface area contributed by atoms with Gasteiger partial charge in [0.25, 0.3) is 0 Å². The Morgan fingerprint density at radius 1 is 0.944 bits per heavy atom. The van der Waals surface area contributed by atoms with Gasteiger partial charge in [0.15, 0.2) is 5.78 Å². The summed E-state index contributed by atoms with van der Waals surface area (Å²) >= 11 is 0. The van der Waals surface area contributed by atoms with Gasteiger partial charge in [-0.15, -0.1) is 0 Å². The lowest BCUT2D eigenvalue weighted by molar-refractivity contribution is 0.103. The molecule has 3 heteroatoms. The summed E-state index contributed by atoms with van der Waals surface area (Å²) in [4.78, 5) is 12.5. The van der Waals surface area contributed by atoms with Gasteiger partial charge in [-0.1, -0.05) is 18.2 Å². The fourth-order valence-electron chi connectivity index (χ4n) is 2.52. The van der Waals surface area contributed by atoms with Crippen LogP contribution < -0.4 is 11.5 Å². The molecule has 3 rings (SSSR count). The Balaban J connectivity index is 2.23. The topological polar surface area (TPSA) is 69.1 Å². The number of carbonyl (C=O) groups is 1. The number of hydrogen-bond donors (Lipinski definition) is 2. The number of benzene rings is 2. The van der Waals surface area contributed by atoms with Gasteiger partial charge in [-0.05, 0) is 42.2 Å². The first-order valence-corrected chi connectivity index (χ1v) is 5.97. The molecule has 0 spiro atoms. The van der Waals surface area contributed by atoms with Crippen LogP contribution in [-0.2, 0) is 12.8 Å². The summed E-state index contributed by atoms with van der Waals surface area (Å²) in [5, 5.41) is 0. The van der Waals surface area contributed by atoms with E-state index < -0.39 is 0 Å². The smallest absolute Gasteiger partial charge is 0.193 e. The van der Waals surface area contributed by atoms with Crippen LogP contribution in [0.15, 0.2) is 36.4 Å². The summed E-state index contributed by atoms with van der Waals surface area (Å²) in [6.45, 7) is 0. The lowest BCUT2D eigenvalue weighted by Gasteiger charge is -2.07. The summed E-state index contributed by atoms with van der Waals surface area (Å²) in [6.07, 6.45) is 1.62. The maximum Gasteiger partial charge on any atom is 0.193 e. The Morgan fingerprint density at radius 2 is 1.78 bits per heavy atom. The molecule has 3 nitrogen and oxygen atoms in total. The number of carbonyl (C=O) groups excluding carboxylic acids is 1. The molecule has 0 heterocycles. The second kappa shape index (κ2) is 3.88. The maximum absolute atomic E-state index is 12.5. The second-order valence-electron chi connectivity index (χ2n) is 4.62. The first-order chi connectivity index (χ1) is 8.66. The summed E-state index contributed by atoms with van der Waals surface area (Å²) in [7, 11) is 0. The molecule has 18 heavy (non-hydrogen) atoms. The lowest BCUT2D eigenvalue weighted by atomic mass is 9.98. The second-order valence-corrected chi connectivity index (χ2v) is 4.62. The van der Waals surface area contributed by atoms with Crippen LogP contribution in [0.2, 0.25) is 0 Å². The molecule has 2 aromatic carbocycles. The van der Waals surface area contributed by atoms with Gasteiger partial charge in [-0.3, -0.25) is 4.79 Å². The Kier molecular flexibility index (Phi) is 2.33. The van der Waals surface area contributed by atoms with Crippen molar-refractivity contribution in [2.45, 2.75) is 12.8 Å². The minimum absolute atomic E-state index is 0.0251. The Morgan fingerprint density at radius 3 is 2.61 bits per heavy atom. The molecule has 0 fully saturated rings. The van der Waals surface area contributed by atoms with Crippen molar-refractivity contribution in [2.24, 2.45) is 0 Å². The molecule has 0 amide bonds. The molecule has 0 unspecified atom stereocenters. The summed E-state index contributed by atoms with van der Waals surface area (Å²) in [6, 6.07) is 11.0. The largest absolute Gasteiger partial charge is 0.399 e. The molecule has 90 valence electrons. The number of rotatable bonds is 0. The molecule has 0 aromatic heterocycles. The van der Waals surface area contributed by atoms with Crippen LogP contribution in [0.4, 0.5) is 11.4 Å². The van der Waals surface area contributed by atoms with E-state index >= 15 is 0 Å². The van der Waals surface area contributed by atoms with E-state index in [9.17, 15) is 4.79 Å². The van der Waals surface area contributed by atoms with Crippen LogP contribution in [0.5, 0.6) is 0 Å². The number of nitrogens with two attached hydrogens (primary N) is 2. The maximum atomic E-state index is 12.5. The van der Waals surface area contributed by atoms with E-state index in [0.717, 1.165) is 24.0 Å². The van der Waals surface area contributed by atoms with Crippen molar-refractivity contribution in [2.75, 3.05) is 11.5 Å². The van der Waals surface area contributed by atoms with Gasteiger partial charge in [0.2, 0.25) is 0 Å². The predicted octanol–water partition coefficient (Wildman–Crippen LogP) is 2.18. The van der Waals surface area contributed by atoms with E-state index in [0.29, 0.717) is 22.5 Å². The van der Waals surface area contributed by atoms with Gasteiger partial charge in [-0.2, -0.15) is 0 Å². The molecule has 1 aliphatic carbocycles. The third-order valence-electron chi connectivity index (χ3n) is 3.48. The third kappa shape index (κ3) is 1.56. The average molecular weight is 238 g/mol. The van der Waals surface area contributed by atoms with Gasteiger partial charge in [0.05, 0.1) is 0 Å². The third-order valence-corrected chi connectivity index (χ3v) is 3.48. The van der Waals surface area contributed by atoms with E-state index in [1.807, 2.05) is 30.3 Å². The molecule has 0 atom stereocenters. The van der Waals surface area contributed by atoms with Gasteiger partial charge >= 0.3 is 0 Å². The Hall–Kier alpha value is -2.29. The zero-order chi connectivity index (χ0) is 12.7. The molecule has 1 aliphatic rings. The Labute approximate surface area is 105 Å². The van der Waals surface area contributed by atoms with E-state index in [2.05, 4.69) is 0 Å². The van der Waals surface area contributed by atoms with Crippen LogP contribution >= 0.6 is 0 Å². The number of anilines is 2. The van der Waals surface area contributed by atoms with Crippen molar-refractivity contribution in [3.05, 3.63) is 58.7 Å². The van der Waals surface area contributed by atoms with Gasteiger partial charge in [0, 0.05) is 22.5 Å². The molecule has 2 aromatic rings. The number of ketones is 1. The van der Waals surface area contributed by atoms with Crippen LogP contribution in [-0.4, -0.2) is 5.78 Å². The summed E-state index contributed by atoms with van der Waals surface area (Å²) in [5.41, 5.74) is 16.5. The first kappa shape index (κ1) is 10.8. The molecular formula is C15H14N2O. The molecule has 0 saturated heterocycles. The highest BCUT2D eigenvalue weighted by Crippen LogP contribution is 2.28. The number of fused-ring (bicyclic) bond motifs is 2. The Bertz CT molecular complexity index is 643. The normalized spacial score (nSPS) is 13.7. The summed E-state index contributed by atoms with van der Waals surface area (Å²) in [5.74, 6) is 0.0251. The van der Waals surface area contributed by atoms with Gasteiger partial charge in [0.1, 0.15) is 0 Å². The minimum Gasteiger partial charge on any atom is -0.399 e. The van der Waals surface area contributed by atoms with Crippen molar-refractivity contribution >= 4 is 17.2 Å². The number of hydrogen-bond acceptors (Lipinski definition) is 3. The monoisotopic (exact) mass is 238 g/mol. The molecule has 4 N–H and O–H groups in total. The SMILES string of the molecule is Nc1ccc2c(c1)C(=O)c1cccc(N)c1CC2. The molecule has 0 radical (unpaired) electrons. The van der Waals surface area contributed by atoms with E-state index in [4.69, 9.17) is 11.5 Å². The molecule has 0 aliphatic heterocycles. The van der Waals surface area contributed by atoms with Gasteiger partial charge in [-0.25, -0.2) is 0 Å². The summed E-state index contributed by atoms with van der Waals surface area (Å²) < 4.78 is 0. The van der Waals surface area contributed by atoms with E-state index in [-0.39, 0.29) is 5.78 Å². The zero-order valence-corrected chi connectivity index (χ0v) is 9.94. The fraction of sp³-hybridized carbons (Fsp3) is 0.133. The van der Waals surface area contributed by atoms with E-state index in [1.54, 1.807) is 6.07 Å². The first-order valence-electron chi connectivity index (χ1n) is 5.97. The predicted molar refractivity (Wildman–Crippen MR) is 72.5 cm³/mol. The zero-order valence-electron chi connectivity index (χ0n) is 9.94. The van der Waals surface area contributed by atoms with E-state index in [1.165, 1.54) is 0 Å². The molecule has 0 bridgehead atoms. The van der Waals surface area contributed by atoms with Gasteiger partial charge < -0.3 is 11.5 Å². The van der Waals surface area contributed by atoms with Crippen LogP contribution in [0.3, 0.4) is 0 Å². The standard InChI is InChI=1S/C15H14N2O/c16-10-6-4-9-5-7-11-12(2-1-3-14(11)17)15(18)13(9)8-10/h1-4,6,8H,5,7,16-17H2.